The second-order valence-corrected chi connectivity index (χ2v) is 5.18. The molecule has 0 radical (unpaired) electrons. The van der Waals surface area contributed by atoms with Crippen LogP contribution in [-0.2, 0) is 5.60 Å². The molecule has 0 atom stereocenters. The number of benzene rings is 1. The van der Waals surface area contributed by atoms with Crippen molar-refractivity contribution in [2.75, 3.05) is 7.11 Å². The SMILES string of the molecule is COc1ccc(-c2csc(C(C)(C)O)n2)cc1. The number of thiazole rings is 1. The van der Waals surface area contributed by atoms with Crippen LogP contribution in [0, 0.1) is 0 Å². The van der Waals surface area contributed by atoms with Crippen LogP contribution in [0.4, 0.5) is 0 Å². The molecular weight excluding hydrogens is 234 g/mol. The van der Waals surface area contributed by atoms with Crippen molar-refractivity contribution in [2.45, 2.75) is 19.4 Å². The maximum absolute atomic E-state index is 9.86. The van der Waals surface area contributed by atoms with Gasteiger partial charge < -0.3 is 9.84 Å². The summed E-state index contributed by atoms with van der Waals surface area (Å²) in [5.41, 5.74) is 1.03. The van der Waals surface area contributed by atoms with Crippen LogP contribution in [0.3, 0.4) is 0 Å². The Labute approximate surface area is 105 Å². The normalized spacial score (nSPS) is 11.5. The number of hydrogen-bond donors (Lipinski definition) is 1. The number of aliphatic hydroxyl groups is 1. The molecule has 0 bridgehead atoms. The predicted molar refractivity (Wildman–Crippen MR) is 69.3 cm³/mol. The third-order valence-corrected chi connectivity index (χ3v) is 3.57. The lowest BCUT2D eigenvalue weighted by atomic mass is 10.1. The molecule has 0 aliphatic carbocycles. The molecule has 2 aromatic rings. The average molecular weight is 249 g/mol. The van der Waals surface area contributed by atoms with Gasteiger partial charge in [-0.25, -0.2) is 4.98 Å². The zero-order valence-electron chi connectivity index (χ0n) is 10.1. The molecule has 0 aliphatic rings. The Morgan fingerprint density at radius 2 is 1.88 bits per heavy atom. The van der Waals surface area contributed by atoms with E-state index in [1.54, 1.807) is 21.0 Å². The molecule has 1 N–H and O–H groups in total. The van der Waals surface area contributed by atoms with Gasteiger partial charge >= 0.3 is 0 Å². The van der Waals surface area contributed by atoms with Crippen LogP contribution in [0.15, 0.2) is 29.6 Å². The summed E-state index contributed by atoms with van der Waals surface area (Å²) in [4.78, 5) is 4.43. The maximum atomic E-state index is 9.86. The third kappa shape index (κ3) is 2.65. The third-order valence-electron chi connectivity index (χ3n) is 2.41. The highest BCUT2D eigenvalue weighted by Gasteiger charge is 2.20. The van der Waals surface area contributed by atoms with Gasteiger partial charge in [0.05, 0.1) is 12.8 Å². The van der Waals surface area contributed by atoms with Gasteiger partial charge in [0.25, 0.3) is 0 Å². The van der Waals surface area contributed by atoms with E-state index in [9.17, 15) is 5.11 Å². The monoisotopic (exact) mass is 249 g/mol. The van der Waals surface area contributed by atoms with E-state index in [-0.39, 0.29) is 0 Å². The van der Waals surface area contributed by atoms with Crippen molar-refractivity contribution in [2.24, 2.45) is 0 Å². The van der Waals surface area contributed by atoms with Gasteiger partial charge in [-0.05, 0) is 38.1 Å². The molecule has 0 amide bonds. The average Bonchev–Trinajstić information content (AvgIpc) is 2.78. The van der Waals surface area contributed by atoms with Gasteiger partial charge in [-0.1, -0.05) is 0 Å². The Balaban J connectivity index is 2.30. The van der Waals surface area contributed by atoms with Crippen LogP contribution in [0.1, 0.15) is 18.9 Å². The quantitative estimate of drug-likeness (QED) is 0.909. The van der Waals surface area contributed by atoms with Crippen LogP contribution >= 0.6 is 11.3 Å². The standard InChI is InChI=1S/C13H15NO2S/c1-13(2,15)12-14-11(8-17-12)9-4-6-10(16-3)7-5-9/h4-8,15H,1-3H3. The van der Waals surface area contributed by atoms with Crippen molar-refractivity contribution in [3.05, 3.63) is 34.7 Å². The van der Waals surface area contributed by atoms with Crippen LogP contribution in [0.25, 0.3) is 11.3 Å². The molecule has 0 unspecified atom stereocenters. The van der Waals surface area contributed by atoms with Gasteiger partial charge in [-0.2, -0.15) is 0 Å². The summed E-state index contributed by atoms with van der Waals surface area (Å²) in [6, 6.07) is 7.72. The summed E-state index contributed by atoms with van der Waals surface area (Å²) >= 11 is 1.47. The first-order valence-corrected chi connectivity index (χ1v) is 6.21. The van der Waals surface area contributed by atoms with Gasteiger partial charge in [0.15, 0.2) is 0 Å². The van der Waals surface area contributed by atoms with Gasteiger partial charge in [-0.15, -0.1) is 11.3 Å². The van der Waals surface area contributed by atoms with Crippen LogP contribution in [0.5, 0.6) is 5.75 Å². The van der Waals surface area contributed by atoms with E-state index in [4.69, 9.17) is 4.74 Å². The molecule has 1 aromatic carbocycles. The Morgan fingerprint density at radius 3 is 2.35 bits per heavy atom. The predicted octanol–water partition coefficient (Wildman–Crippen LogP) is 3.05. The lowest BCUT2D eigenvalue weighted by Crippen LogP contribution is -2.14. The lowest BCUT2D eigenvalue weighted by molar-refractivity contribution is 0.0783. The van der Waals surface area contributed by atoms with E-state index in [1.807, 2.05) is 29.6 Å². The lowest BCUT2D eigenvalue weighted by Gasteiger charge is -2.12. The minimum atomic E-state index is -0.880. The van der Waals surface area contributed by atoms with Crippen molar-refractivity contribution in [3.8, 4) is 17.0 Å². The first-order valence-electron chi connectivity index (χ1n) is 5.33. The van der Waals surface area contributed by atoms with Crippen molar-refractivity contribution < 1.29 is 9.84 Å². The van der Waals surface area contributed by atoms with E-state index in [1.165, 1.54) is 11.3 Å². The van der Waals surface area contributed by atoms with Gasteiger partial charge in [0.1, 0.15) is 16.4 Å². The minimum Gasteiger partial charge on any atom is -0.497 e. The fraction of sp³-hybridized carbons (Fsp3) is 0.308. The molecule has 1 aromatic heterocycles. The summed E-state index contributed by atoms with van der Waals surface area (Å²) in [7, 11) is 1.64. The molecular formula is C13H15NO2S. The zero-order chi connectivity index (χ0) is 12.5. The molecule has 1 heterocycles. The van der Waals surface area contributed by atoms with Crippen molar-refractivity contribution >= 4 is 11.3 Å². The van der Waals surface area contributed by atoms with Crippen LogP contribution in [-0.4, -0.2) is 17.2 Å². The Kier molecular flexibility index (Phi) is 3.17. The second kappa shape index (κ2) is 4.47. The summed E-state index contributed by atoms with van der Waals surface area (Å²) in [5, 5.41) is 12.5. The van der Waals surface area contributed by atoms with E-state index < -0.39 is 5.60 Å². The van der Waals surface area contributed by atoms with Gasteiger partial charge in [-0.3, -0.25) is 0 Å². The van der Waals surface area contributed by atoms with E-state index in [0.29, 0.717) is 0 Å². The van der Waals surface area contributed by atoms with Crippen molar-refractivity contribution in [1.82, 2.24) is 4.98 Å². The zero-order valence-corrected chi connectivity index (χ0v) is 10.9. The van der Waals surface area contributed by atoms with Crippen molar-refractivity contribution in [1.29, 1.82) is 0 Å². The van der Waals surface area contributed by atoms with Crippen molar-refractivity contribution in [3.63, 3.8) is 0 Å². The second-order valence-electron chi connectivity index (χ2n) is 4.33. The number of nitrogens with zero attached hydrogens (tertiary/aromatic N) is 1. The fourth-order valence-corrected chi connectivity index (χ4v) is 2.30. The molecule has 3 nitrogen and oxygen atoms in total. The number of ether oxygens (including phenoxy) is 1. The van der Waals surface area contributed by atoms with E-state index >= 15 is 0 Å². The largest absolute Gasteiger partial charge is 0.497 e. The number of aromatic nitrogens is 1. The highest BCUT2D eigenvalue weighted by Crippen LogP contribution is 2.29. The molecule has 0 aliphatic heterocycles. The molecule has 90 valence electrons. The Hall–Kier alpha value is -1.39. The molecule has 17 heavy (non-hydrogen) atoms. The maximum Gasteiger partial charge on any atom is 0.124 e. The highest BCUT2D eigenvalue weighted by atomic mass is 32.1. The molecule has 0 spiro atoms. The Bertz CT molecular complexity index is 497. The summed E-state index contributed by atoms with van der Waals surface area (Å²) in [6.07, 6.45) is 0. The molecule has 2 rings (SSSR count). The molecule has 0 saturated heterocycles. The summed E-state index contributed by atoms with van der Waals surface area (Å²) in [6.45, 7) is 3.48. The van der Waals surface area contributed by atoms with Crippen LogP contribution < -0.4 is 4.74 Å². The fourth-order valence-electron chi connectivity index (χ4n) is 1.45. The molecule has 0 fully saturated rings. The smallest absolute Gasteiger partial charge is 0.124 e. The van der Waals surface area contributed by atoms with E-state index in [0.717, 1.165) is 22.0 Å². The van der Waals surface area contributed by atoms with Gasteiger partial charge in [0, 0.05) is 10.9 Å². The van der Waals surface area contributed by atoms with Crippen LogP contribution in [0.2, 0.25) is 0 Å². The highest BCUT2D eigenvalue weighted by molar-refractivity contribution is 7.10. The Morgan fingerprint density at radius 1 is 1.24 bits per heavy atom. The van der Waals surface area contributed by atoms with E-state index in [2.05, 4.69) is 4.98 Å². The van der Waals surface area contributed by atoms with Gasteiger partial charge in [0.2, 0.25) is 0 Å². The number of hydrogen-bond acceptors (Lipinski definition) is 4. The number of rotatable bonds is 3. The summed E-state index contributed by atoms with van der Waals surface area (Å²) < 4.78 is 5.11. The summed E-state index contributed by atoms with van der Waals surface area (Å²) in [5.74, 6) is 0.826. The minimum absolute atomic E-state index is 0.725. The molecule has 0 saturated carbocycles. The first-order chi connectivity index (χ1) is 8.00. The topological polar surface area (TPSA) is 42.4 Å². The first kappa shape index (κ1) is 12.1. The molecule has 4 heteroatoms. The number of methoxy groups -OCH3 is 1.